The number of allylic oxidation sites excluding steroid dienone is 2. The molecule has 0 radical (unpaired) electrons. The zero-order valence-electron chi connectivity index (χ0n) is 26.6. The number of hydrogen-bond donors (Lipinski definition) is 2. The lowest BCUT2D eigenvalue weighted by atomic mass is 9.78. The van der Waals surface area contributed by atoms with Crippen LogP contribution in [-0.2, 0) is 26.9 Å². The monoisotopic (exact) mass is 543 g/mol. The maximum atomic E-state index is 12.3. The molecule has 4 nitrogen and oxygen atoms in total. The van der Waals surface area contributed by atoms with E-state index in [1.54, 1.807) is 0 Å². The van der Waals surface area contributed by atoms with Crippen molar-refractivity contribution in [1.29, 1.82) is 0 Å². The normalized spacial score (nSPS) is 12.4. The lowest BCUT2D eigenvalue weighted by Gasteiger charge is -2.28. The molecule has 0 heterocycles. The van der Waals surface area contributed by atoms with Crippen LogP contribution in [0.1, 0.15) is 161 Å². The smallest absolute Gasteiger partial charge is 0.325 e. The van der Waals surface area contributed by atoms with Gasteiger partial charge in [0, 0.05) is 6.54 Å². The van der Waals surface area contributed by atoms with E-state index in [-0.39, 0.29) is 16.8 Å². The number of unbranched alkanes of at least 4 members (excludes halogenated alkanes) is 12. The Morgan fingerprint density at radius 2 is 1.23 bits per heavy atom. The number of carbonyl (C=O) groups excluding carboxylic acids is 1. The number of aryl methyl sites for hydroxylation is 1. The molecule has 0 aromatic heterocycles. The third-order valence-electron chi connectivity index (χ3n) is 7.38. The first-order chi connectivity index (χ1) is 18.5. The Kier molecular flexibility index (Phi) is 17.4. The van der Waals surface area contributed by atoms with E-state index in [0.29, 0.717) is 25.1 Å². The van der Waals surface area contributed by atoms with E-state index in [4.69, 9.17) is 4.84 Å². The molecule has 0 amide bonds. The maximum absolute atomic E-state index is 12.3. The molecule has 0 fully saturated rings. The van der Waals surface area contributed by atoms with Crippen LogP contribution in [-0.4, -0.2) is 17.6 Å². The minimum atomic E-state index is -0.234. The summed E-state index contributed by atoms with van der Waals surface area (Å²) in [5.74, 6) is 0.140. The second kappa shape index (κ2) is 19.3. The Bertz CT molecular complexity index is 794. The summed E-state index contributed by atoms with van der Waals surface area (Å²) in [5, 5.41) is 10.9. The Balaban J connectivity index is 2.13. The van der Waals surface area contributed by atoms with Crippen molar-refractivity contribution in [3.05, 3.63) is 41.0 Å². The van der Waals surface area contributed by atoms with Gasteiger partial charge in [0.1, 0.15) is 5.75 Å². The fraction of sp³-hybridized carbons (Fsp3) is 0.743. The summed E-state index contributed by atoms with van der Waals surface area (Å²) in [6.07, 6.45) is 23.7. The van der Waals surface area contributed by atoms with Crippen LogP contribution < -0.4 is 5.48 Å². The van der Waals surface area contributed by atoms with E-state index in [2.05, 4.69) is 66.1 Å². The van der Waals surface area contributed by atoms with Crippen molar-refractivity contribution in [1.82, 2.24) is 5.48 Å². The van der Waals surface area contributed by atoms with E-state index < -0.39 is 0 Å². The van der Waals surface area contributed by atoms with E-state index in [1.165, 1.54) is 77.0 Å². The van der Waals surface area contributed by atoms with Gasteiger partial charge in [-0.05, 0) is 66.0 Å². The summed E-state index contributed by atoms with van der Waals surface area (Å²) < 4.78 is 0. The van der Waals surface area contributed by atoms with Gasteiger partial charge in [0.15, 0.2) is 0 Å². The third-order valence-corrected chi connectivity index (χ3v) is 7.38. The van der Waals surface area contributed by atoms with Crippen LogP contribution in [0.5, 0.6) is 5.75 Å². The maximum Gasteiger partial charge on any atom is 0.325 e. The largest absolute Gasteiger partial charge is 0.507 e. The average Bonchev–Trinajstić information content (AvgIpc) is 2.86. The third kappa shape index (κ3) is 16.1. The summed E-state index contributed by atoms with van der Waals surface area (Å²) in [5.41, 5.74) is 5.42. The quantitative estimate of drug-likeness (QED) is 0.0975. The van der Waals surface area contributed by atoms with E-state index in [0.717, 1.165) is 29.5 Å². The first-order valence-electron chi connectivity index (χ1n) is 15.9. The van der Waals surface area contributed by atoms with Gasteiger partial charge in [-0.3, -0.25) is 4.79 Å². The molecule has 1 aromatic rings. The second-order valence-electron chi connectivity index (χ2n) is 13.3. The number of aromatic hydroxyl groups is 1. The molecule has 39 heavy (non-hydrogen) atoms. The predicted octanol–water partition coefficient (Wildman–Crippen LogP) is 10.0. The zero-order valence-corrected chi connectivity index (χ0v) is 26.6. The van der Waals surface area contributed by atoms with Crippen LogP contribution in [0.15, 0.2) is 24.3 Å². The molecule has 0 aliphatic rings. The lowest BCUT2D eigenvalue weighted by Crippen LogP contribution is -2.21. The summed E-state index contributed by atoms with van der Waals surface area (Å²) >= 11 is 0. The lowest BCUT2D eigenvalue weighted by molar-refractivity contribution is -0.151. The number of phenolic OH excluding ortho intramolecular Hbond substituents is 1. The second-order valence-corrected chi connectivity index (χ2v) is 13.3. The number of hydrogen-bond acceptors (Lipinski definition) is 4. The minimum Gasteiger partial charge on any atom is -0.507 e. The van der Waals surface area contributed by atoms with Gasteiger partial charge in [-0.25, -0.2) is 0 Å². The summed E-state index contributed by atoms with van der Waals surface area (Å²) in [6.45, 7) is 15.6. The molecule has 1 rings (SSSR count). The Hall–Kier alpha value is -1.81. The van der Waals surface area contributed by atoms with E-state index in [9.17, 15) is 9.90 Å². The fourth-order valence-corrected chi connectivity index (χ4v) is 4.86. The van der Waals surface area contributed by atoms with Gasteiger partial charge in [0.05, 0.1) is 6.42 Å². The number of nitrogens with one attached hydrogen (secondary N) is 1. The standard InChI is InChI=1S/C35H61NO3/c1-8-9-10-11-12-13-14-15-16-17-18-19-20-21-22-23-26-36-39-32(37)25-24-29-27-30(34(2,3)4)33(38)31(28-29)35(5,6)7/h15-16,27-28,36,38H,8-14,17-26H2,1-7H3/b16-15-. The van der Waals surface area contributed by atoms with Crippen molar-refractivity contribution in [2.45, 2.75) is 162 Å². The molecule has 0 saturated carbocycles. The molecule has 0 bridgehead atoms. The van der Waals surface area contributed by atoms with Crippen molar-refractivity contribution in [3.63, 3.8) is 0 Å². The molecule has 0 atom stereocenters. The van der Waals surface area contributed by atoms with Gasteiger partial charge < -0.3 is 9.94 Å². The molecular formula is C35H61NO3. The first kappa shape index (κ1) is 35.2. The van der Waals surface area contributed by atoms with Gasteiger partial charge in [0.25, 0.3) is 0 Å². The van der Waals surface area contributed by atoms with Crippen molar-refractivity contribution >= 4 is 5.97 Å². The van der Waals surface area contributed by atoms with Crippen molar-refractivity contribution in [2.24, 2.45) is 0 Å². The number of carbonyl (C=O) groups is 1. The van der Waals surface area contributed by atoms with Crippen molar-refractivity contribution in [3.8, 4) is 5.75 Å². The molecular weight excluding hydrogens is 482 g/mol. The van der Waals surface area contributed by atoms with Gasteiger partial charge in [0.2, 0.25) is 0 Å². The highest BCUT2D eigenvalue weighted by molar-refractivity contribution is 5.69. The fourth-order valence-electron chi connectivity index (χ4n) is 4.86. The molecule has 0 aliphatic carbocycles. The minimum absolute atomic E-state index is 0.174. The zero-order chi connectivity index (χ0) is 29.2. The highest BCUT2D eigenvalue weighted by atomic mass is 16.7. The summed E-state index contributed by atoms with van der Waals surface area (Å²) in [7, 11) is 0. The van der Waals surface area contributed by atoms with Gasteiger partial charge in [-0.1, -0.05) is 131 Å². The number of hydroxylamine groups is 1. The summed E-state index contributed by atoms with van der Waals surface area (Å²) in [4.78, 5) is 17.5. The molecule has 0 saturated heterocycles. The van der Waals surface area contributed by atoms with Crippen LogP contribution in [0.4, 0.5) is 0 Å². The van der Waals surface area contributed by atoms with Crippen LogP contribution in [0.3, 0.4) is 0 Å². The molecule has 0 aliphatic heterocycles. The molecule has 0 spiro atoms. The van der Waals surface area contributed by atoms with Crippen LogP contribution in [0.2, 0.25) is 0 Å². The van der Waals surface area contributed by atoms with Gasteiger partial charge in [-0.2, -0.15) is 5.48 Å². The van der Waals surface area contributed by atoms with Crippen LogP contribution >= 0.6 is 0 Å². The number of phenols is 1. The van der Waals surface area contributed by atoms with E-state index >= 15 is 0 Å². The van der Waals surface area contributed by atoms with Crippen LogP contribution in [0.25, 0.3) is 0 Å². The molecule has 0 unspecified atom stereocenters. The van der Waals surface area contributed by atoms with Gasteiger partial charge >= 0.3 is 5.97 Å². The Morgan fingerprint density at radius 3 is 1.72 bits per heavy atom. The number of benzene rings is 1. The molecule has 2 N–H and O–H groups in total. The topological polar surface area (TPSA) is 58.6 Å². The first-order valence-corrected chi connectivity index (χ1v) is 15.9. The van der Waals surface area contributed by atoms with Crippen LogP contribution in [0, 0.1) is 0 Å². The SMILES string of the molecule is CCCCCCCC/C=C\CCCCCCCCNOC(=O)CCc1cc(C(C)(C)C)c(O)c(C(C)(C)C)c1. The molecule has 1 aromatic carbocycles. The van der Waals surface area contributed by atoms with Crippen molar-refractivity contribution in [2.75, 3.05) is 6.54 Å². The van der Waals surface area contributed by atoms with Crippen molar-refractivity contribution < 1.29 is 14.7 Å². The highest BCUT2D eigenvalue weighted by Crippen LogP contribution is 2.40. The highest BCUT2D eigenvalue weighted by Gasteiger charge is 2.26. The Labute approximate surface area is 241 Å². The number of rotatable bonds is 20. The Morgan fingerprint density at radius 1 is 0.769 bits per heavy atom. The predicted molar refractivity (Wildman–Crippen MR) is 167 cm³/mol. The van der Waals surface area contributed by atoms with E-state index in [1.807, 2.05) is 12.1 Å². The average molecular weight is 544 g/mol. The summed E-state index contributed by atoms with van der Waals surface area (Å²) in [6, 6.07) is 4.08. The van der Waals surface area contributed by atoms with Gasteiger partial charge in [-0.15, -0.1) is 0 Å². The molecule has 224 valence electrons. The molecule has 4 heteroatoms.